The standard InChI is InChI=1S/C20H24N4O4S/c1-14-2-4-18-15(12-14)6-9-23(18)10-8-21-20(26)17-3-5-19(25)24(22-17)16-7-11-29(27,28)13-16/h2,4,6,9,12,16H,3,5,7-8,10-11,13H2,1H3,(H,21,26)/t16-/m0/s1. The Bertz CT molecular complexity index is 1100. The van der Waals surface area contributed by atoms with E-state index in [1.54, 1.807) is 0 Å². The van der Waals surface area contributed by atoms with Gasteiger partial charge in [0, 0.05) is 37.6 Å². The lowest BCUT2D eigenvalue weighted by molar-refractivity contribution is -0.133. The number of hydrogen-bond acceptors (Lipinski definition) is 5. The number of carbonyl (C=O) groups is 2. The van der Waals surface area contributed by atoms with E-state index in [1.165, 1.54) is 10.6 Å². The minimum atomic E-state index is -3.13. The molecule has 2 amide bonds. The van der Waals surface area contributed by atoms with Gasteiger partial charge in [-0.3, -0.25) is 9.59 Å². The van der Waals surface area contributed by atoms with Gasteiger partial charge < -0.3 is 9.88 Å². The summed E-state index contributed by atoms with van der Waals surface area (Å²) >= 11 is 0. The number of nitrogens with one attached hydrogen (secondary N) is 1. The van der Waals surface area contributed by atoms with Crippen LogP contribution in [0.15, 0.2) is 35.6 Å². The van der Waals surface area contributed by atoms with E-state index in [4.69, 9.17) is 0 Å². The van der Waals surface area contributed by atoms with Gasteiger partial charge in [0.05, 0.1) is 17.5 Å². The molecule has 0 unspecified atom stereocenters. The van der Waals surface area contributed by atoms with E-state index in [0.29, 0.717) is 19.5 Å². The number of rotatable bonds is 5. The van der Waals surface area contributed by atoms with Gasteiger partial charge in [0.15, 0.2) is 9.84 Å². The molecular weight excluding hydrogens is 392 g/mol. The number of amides is 2. The van der Waals surface area contributed by atoms with Crippen molar-refractivity contribution in [3.05, 3.63) is 36.0 Å². The van der Waals surface area contributed by atoms with Gasteiger partial charge >= 0.3 is 0 Å². The molecule has 1 aromatic carbocycles. The molecule has 1 N–H and O–H groups in total. The van der Waals surface area contributed by atoms with Gasteiger partial charge in [-0.2, -0.15) is 5.10 Å². The van der Waals surface area contributed by atoms with E-state index < -0.39 is 15.9 Å². The molecule has 29 heavy (non-hydrogen) atoms. The zero-order chi connectivity index (χ0) is 20.6. The van der Waals surface area contributed by atoms with Crippen molar-refractivity contribution in [2.45, 2.75) is 38.8 Å². The minimum Gasteiger partial charge on any atom is -0.349 e. The SMILES string of the molecule is Cc1ccc2c(ccn2CCNC(=O)C2=NN([C@H]3CCS(=O)(=O)C3)C(=O)CC2)c1. The number of hydrogen-bond donors (Lipinski definition) is 1. The molecule has 1 aromatic heterocycles. The summed E-state index contributed by atoms with van der Waals surface area (Å²) in [4.78, 5) is 24.7. The number of hydrazone groups is 1. The van der Waals surface area contributed by atoms with Crippen LogP contribution >= 0.6 is 0 Å². The second-order valence-corrected chi connectivity index (χ2v) is 9.90. The van der Waals surface area contributed by atoms with Gasteiger partial charge in [-0.1, -0.05) is 11.6 Å². The number of sulfone groups is 1. The Kier molecular flexibility index (Phi) is 5.16. The van der Waals surface area contributed by atoms with Crippen LogP contribution in [0, 0.1) is 6.92 Å². The third-order valence-corrected chi connectivity index (χ3v) is 7.19. The fourth-order valence-electron chi connectivity index (χ4n) is 3.89. The fourth-order valence-corrected chi connectivity index (χ4v) is 5.59. The maximum absolute atomic E-state index is 12.5. The summed E-state index contributed by atoms with van der Waals surface area (Å²) in [6, 6.07) is 7.83. The number of aryl methyl sites for hydroxylation is 1. The highest BCUT2D eigenvalue weighted by molar-refractivity contribution is 7.91. The molecule has 2 aliphatic heterocycles. The van der Waals surface area contributed by atoms with E-state index in [0.717, 1.165) is 10.9 Å². The first kappa shape index (κ1) is 19.6. The Morgan fingerprint density at radius 1 is 1.28 bits per heavy atom. The van der Waals surface area contributed by atoms with Crippen LogP contribution in [0.4, 0.5) is 0 Å². The average Bonchev–Trinajstić information content (AvgIpc) is 3.24. The fraction of sp³-hybridized carbons (Fsp3) is 0.450. The molecule has 8 nitrogen and oxygen atoms in total. The summed E-state index contributed by atoms with van der Waals surface area (Å²) in [5, 5.41) is 9.44. The first-order valence-corrected chi connectivity index (χ1v) is 11.6. The van der Waals surface area contributed by atoms with Crippen molar-refractivity contribution in [3.8, 4) is 0 Å². The monoisotopic (exact) mass is 416 g/mol. The molecule has 1 fully saturated rings. The van der Waals surface area contributed by atoms with Crippen LogP contribution in [0.3, 0.4) is 0 Å². The van der Waals surface area contributed by atoms with E-state index in [-0.39, 0.29) is 41.9 Å². The second-order valence-electron chi connectivity index (χ2n) is 7.67. The number of fused-ring (bicyclic) bond motifs is 1. The van der Waals surface area contributed by atoms with Crippen LogP contribution in [0.25, 0.3) is 10.9 Å². The Hall–Kier alpha value is -2.68. The van der Waals surface area contributed by atoms with Gasteiger partial charge in [0.1, 0.15) is 5.71 Å². The lowest BCUT2D eigenvalue weighted by Gasteiger charge is -2.27. The second kappa shape index (κ2) is 7.62. The smallest absolute Gasteiger partial charge is 0.267 e. The molecule has 0 spiro atoms. The molecule has 0 aliphatic carbocycles. The van der Waals surface area contributed by atoms with Crippen LogP contribution in [-0.2, 0) is 26.0 Å². The summed E-state index contributed by atoms with van der Waals surface area (Å²) in [6.45, 7) is 3.10. The van der Waals surface area contributed by atoms with E-state index in [9.17, 15) is 18.0 Å². The number of nitrogens with zero attached hydrogens (tertiary/aromatic N) is 3. The van der Waals surface area contributed by atoms with Crippen molar-refractivity contribution < 1.29 is 18.0 Å². The largest absolute Gasteiger partial charge is 0.349 e. The number of carbonyl (C=O) groups excluding carboxylic acids is 2. The molecule has 2 aromatic rings. The molecule has 154 valence electrons. The summed E-state index contributed by atoms with van der Waals surface area (Å²) in [5.41, 5.74) is 2.59. The van der Waals surface area contributed by atoms with Crippen molar-refractivity contribution in [1.29, 1.82) is 0 Å². The third kappa shape index (κ3) is 4.19. The van der Waals surface area contributed by atoms with E-state index >= 15 is 0 Å². The molecule has 2 aliphatic rings. The average molecular weight is 417 g/mol. The summed E-state index contributed by atoms with van der Waals surface area (Å²) in [7, 11) is -3.13. The van der Waals surface area contributed by atoms with E-state index in [2.05, 4.69) is 46.2 Å². The normalized spacial score (nSPS) is 21.4. The molecule has 1 saturated heterocycles. The first-order chi connectivity index (χ1) is 13.8. The quantitative estimate of drug-likeness (QED) is 0.792. The maximum atomic E-state index is 12.5. The Morgan fingerprint density at radius 2 is 2.10 bits per heavy atom. The van der Waals surface area contributed by atoms with Gasteiger partial charge in [0.25, 0.3) is 5.91 Å². The number of aromatic nitrogens is 1. The van der Waals surface area contributed by atoms with Gasteiger partial charge in [-0.15, -0.1) is 0 Å². The lowest BCUT2D eigenvalue weighted by Crippen LogP contribution is -2.44. The van der Waals surface area contributed by atoms with Crippen molar-refractivity contribution in [1.82, 2.24) is 14.9 Å². The van der Waals surface area contributed by atoms with Crippen LogP contribution in [0.5, 0.6) is 0 Å². The molecule has 0 bridgehead atoms. The van der Waals surface area contributed by atoms with Crippen molar-refractivity contribution in [3.63, 3.8) is 0 Å². The first-order valence-electron chi connectivity index (χ1n) is 9.76. The van der Waals surface area contributed by atoms with Crippen molar-refractivity contribution in [2.24, 2.45) is 5.10 Å². The summed E-state index contributed by atoms with van der Waals surface area (Å²) in [5.74, 6) is -0.561. The Morgan fingerprint density at radius 3 is 2.86 bits per heavy atom. The molecule has 0 saturated carbocycles. The van der Waals surface area contributed by atoms with Crippen LogP contribution in [-0.4, -0.2) is 59.6 Å². The van der Waals surface area contributed by atoms with Gasteiger partial charge in [-0.05, 0) is 36.9 Å². The minimum absolute atomic E-state index is 0.0584. The molecule has 4 rings (SSSR count). The van der Waals surface area contributed by atoms with Crippen molar-refractivity contribution >= 4 is 38.3 Å². The Labute approximate surface area is 169 Å². The summed E-state index contributed by atoms with van der Waals surface area (Å²) < 4.78 is 25.5. The highest BCUT2D eigenvalue weighted by atomic mass is 32.2. The third-order valence-electron chi connectivity index (χ3n) is 5.44. The van der Waals surface area contributed by atoms with Gasteiger partial charge in [0.2, 0.25) is 5.91 Å². The predicted octanol–water partition coefficient (Wildman–Crippen LogP) is 1.23. The predicted molar refractivity (Wildman–Crippen MR) is 110 cm³/mol. The maximum Gasteiger partial charge on any atom is 0.267 e. The van der Waals surface area contributed by atoms with Crippen LogP contribution in [0.1, 0.15) is 24.8 Å². The Balaban J connectivity index is 1.38. The lowest BCUT2D eigenvalue weighted by atomic mass is 10.1. The van der Waals surface area contributed by atoms with Crippen LogP contribution in [0.2, 0.25) is 0 Å². The molecule has 0 radical (unpaired) electrons. The molecule has 3 heterocycles. The zero-order valence-corrected chi connectivity index (χ0v) is 17.1. The van der Waals surface area contributed by atoms with Crippen LogP contribution < -0.4 is 5.32 Å². The highest BCUT2D eigenvalue weighted by Crippen LogP contribution is 2.22. The highest BCUT2D eigenvalue weighted by Gasteiger charge is 2.37. The number of benzene rings is 1. The summed E-state index contributed by atoms with van der Waals surface area (Å²) in [6.07, 6.45) is 2.80. The van der Waals surface area contributed by atoms with E-state index in [1.807, 2.05) is 6.20 Å². The molecular formula is C20H24N4O4S. The molecule has 9 heteroatoms. The zero-order valence-electron chi connectivity index (χ0n) is 16.3. The topological polar surface area (TPSA) is 101 Å². The molecule has 1 atom stereocenters. The van der Waals surface area contributed by atoms with Crippen molar-refractivity contribution in [2.75, 3.05) is 18.1 Å². The van der Waals surface area contributed by atoms with Gasteiger partial charge in [-0.25, -0.2) is 13.4 Å².